The average molecular weight is 775 g/mol. The summed E-state index contributed by atoms with van der Waals surface area (Å²) in [5.74, 6) is -0.532. The quantitative estimate of drug-likeness (QED) is 0.0591. The molecule has 14 heteroatoms. The van der Waals surface area contributed by atoms with Crippen LogP contribution in [0.15, 0.2) is 91.4 Å². The topological polar surface area (TPSA) is 164 Å². The van der Waals surface area contributed by atoms with Crippen molar-refractivity contribution in [2.45, 2.75) is 39.0 Å². The molecule has 248 valence electrons. The van der Waals surface area contributed by atoms with E-state index in [-0.39, 0.29) is 25.0 Å². The zero-order chi connectivity index (χ0) is 34.0. The van der Waals surface area contributed by atoms with Gasteiger partial charge in [0.05, 0.1) is 39.9 Å². The van der Waals surface area contributed by atoms with Crippen molar-refractivity contribution in [1.29, 1.82) is 0 Å². The SMILES string of the molecule is CCCCCCc1ccc(/C=C/c2ccnc(-c3nnn[n-]3)c2)s1.O=C(O)c1ccnc(-c2cccc(-c3ccccn3)n2)c1.[N-]=C=S.[Ru+2]. The minimum absolute atomic E-state index is 0. The summed E-state index contributed by atoms with van der Waals surface area (Å²) in [7, 11) is 0. The van der Waals surface area contributed by atoms with Crippen molar-refractivity contribution in [3.8, 4) is 34.3 Å². The molecule has 0 aliphatic rings. The molecule has 0 aromatic carbocycles. The first kappa shape index (κ1) is 38.5. The zero-order valence-electron chi connectivity index (χ0n) is 26.4. The normalized spacial score (nSPS) is 10.1. The van der Waals surface area contributed by atoms with Gasteiger partial charge in [-0.25, -0.2) is 9.78 Å². The Labute approximate surface area is 306 Å². The Morgan fingerprint density at radius 3 is 2.33 bits per heavy atom. The molecule has 0 aliphatic heterocycles. The maximum absolute atomic E-state index is 11.0. The number of hydrogen-bond donors (Lipinski definition) is 1. The van der Waals surface area contributed by atoms with Crippen LogP contribution in [0.3, 0.4) is 0 Å². The number of aromatic carboxylic acids is 1. The molecular formula is C35H31N9O2RuS2. The molecule has 0 bridgehead atoms. The number of pyridine rings is 4. The van der Waals surface area contributed by atoms with Gasteiger partial charge >= 0.3 is 25.4 Å². The third kappa shape index (κ3) is 12.5. The van der Waals surface area contributed by atoms with Gasteiger partial charge in [0.15, 0.2) is 0 Å². The summed E-state index contributed by atoms with van der Waals surface area (Å²) >= 11 is 5.56. The molecule has 0 atom stereocenters. The second-order valence-electron chi connectivity index (χ2n) is 10.1. The number of rotatable bonds is 11. The molecule has 0 unspecified atom stereocenters. The van der Waals surface area contributed by atoms with Gasteiger partial charge in [0.25, 0.3) is 0 Å². The number of aryl methyl sites for hydroxylation is 1. The molecule has 1 N–H and O–H groups in total. The number of thiophene rings is 1. The van der Waals surface area contributed by atoms with Crippen LogP contribution in [0.1, 0.15) is 58.3 Å². The fourth-order valence-corrected chi connectivity index (χ4v) is 5.34. The number of isothiocyanates is 1. The molecule has 6 heterocycles. The van der Waals surface area contributed by atoms with E-state index in [1.165, 1.54) is 65.3 Å². The van der Waals surface area contributed by atoms with Gasteiger partial charge in [-0.05, 0) is 85.1 Å². The summed E-state index contributed by atoms with van der Waals surface area (Å²) in [4.78, 5) is 30.9. The number of thiocarbonyl (C=S) groups is 1. The second kappa shape index (κ2) is 21.1. The number of hydrogen-bond acceptors (Lipinski definition) is 10. The van der Waals surface area contributed by atoms with Crippen LogP contribution >= 0.6 is 23.6 Å². The average Bonchev–Trinajstić information content (AvgIpc) is 3.84. The second-order valence-corrected chi connectivity index (χ2v) is 11.5. The fraction of sp³-hybridized carbons (Fsp3) is 0.171. The molecule has 0 fully saturated rings. The van der Waals surface area contributed by atoms with Crippen molar-refractivity contribution in [1.82, 2.24) is 40.6 Å². The predicted molar refractivity (Wildman–Crippen MR) is 191 cm³/mol. The molecule has 11 nitrogen and oxygen atoms in total. The maximum Gasteiger partial charge on any atom is 2.00 e. The minimum atomic E-state index is -0.987. The van der Waals surface area contributed by atoms with Crippen LogP contribution in [-0.2, 0) is 25.9 Å². The Balaban J connectivity index is 0.000000243. The van der Waals surface area contributed by atoms with Crippen LogP contribution in [0.5, 0.6) is 0 Å². The van der Waals surface area contributed by atoms with E-state index in [2.05, 4.69) is 84.0 Å². The Morgan fingerprint density at radius 1 is 0.878 bits per heavy atom. The smallest absolute Gasteiger partial charge is 0.753 e. The molecule has 0 spiro atoms. The standard InChI is InChI=1S/C18H20N5S.C16H11N3O2.CNS.Ru/c1-2-3-4-5-6-15-9-10-16(24-15)8-7-14-11-12-19-17(13-14)18-20-22-23-21-18;20-16(21)11-7-9-18-15(10-11)14-6-3-5-13(19-14)12-4-1-2-8-17-12;2-1-3;/h7-13H,2-6H2,1H3;1-10H,(H,20,21);;/q-1;;-1;+2/b8-7+;;;. The van der Waals surface area contributed by atoms with E-state index in [0.717, 1.165) is 17.0 Å². The number of unbranched alkanes of at least 4 members (excludes halogenated alkanes) is 3. The van der Waals surface area contributed by atoms with Crippen molar-refractivity contribution >= 4 is 46.8 Å². The van der Waals surface area contributed by atoms with Gasteiger partial charge in [0, 0.05) is 28.3 Å². The van der Waals surface area contributed by atoms with E-state index >= 15 is 0 Å². The molecular weight excluding hydrogens is 744 g/mol. The summed E-state index contributed by atoms with van der Waals surface area (Å²) in [5, 5.41) is 32.2. The van der Waals surface area contributed by atoms with Gasteiger partial charge in [-0.2, -0.15) is 10.4 Å². The molecule has 0 amide bonds. The van der Waals surface area contributed by atoms with Crippen molar-refractivity contribution in [3.05, 3.63) is 118 Å². The number of aromatic nitrogens is 8. The molecule has 49 heavy (non-hydrogen) atoms. The summed E-state index contributed by atoms with van der Waals surface area (Å²) in [5.41, 5.74) is 4.54. The van der Waals surface area contributed by atoms with Gasteiger partial charge in [-0.15, -0.1) is 11.3 Å². The maximum atomic E-state index is 11.0. The van der Waals surface area contributed by atoms with Gasteiger partial charge < -0.3 is 15.6 Å². The van der Waals surface area contributed by atoms with Crippen LogP contribution in [0, 0.1) is 0 Å². The molecule has 6 rings (SSSR count). The number of carboxylic acids is 1. The van der Waals surface area contributed by atoms with Crippen molar-refractivity contribution in [2.75, 3.05) is 0 Å². The minimum Gasteiger partial charge on any atom is -0.753 e. The van der Waals surface area contributed by atoms with Crippen LogP contribution in [0.4, 0.5) is 0 Å². The van der Waals surface area contributed by atoms with Gasteiger partial charge in [-0.1, -0.05) is 56.6 Å². The van der Waals surface area contributed by atoms with Crippen LogP contribution in [0.2, 0.25) is 0 Å². The van der Waals surface area contributed by atoms with Crippen LogP contribution < -0.4 is 5.10 Å². The number of tetrazole rings is 1. The van der Waals surface area contributed by atoms with E-state index in [9.17, 15) is 4.79 Å². The van der Waals surface area contributed by atoms with E-state index < -0.39 is 5.97 Å². The predicted octanol–water partition coefficient (Wildman–Crippen LogP) is 7.81. The third-order valence-electron chi connectivity index (χ3n) is 6.68. The molecule has 0 saturated carbocycles. The Kier molecular flexibility index (Phi) is 16.5. The molecule has 0 aliphatic carbocycles. The van der Waals surface area contributed by atoms with Crippen molar-refractivity contribution in [3.63, 3.8) is 0 Å². The Morgan fingerprint density at radius 2 is 1.61 bits per heavy atom. The summed E-state index contributed by atoms with van der Waals surface area (Å²) in [6.07, 6.45) is 15.6. The van der Waals surface area contributed by atoms with Crippen LogP contribution in [0.25, 0.3) is 51.9 Å². The van der Waals surface area contributed by atoms with Gasteiger partial charge in [0.2, 0.25) is 0 Å². The van der Waals surface area contributed by atoms with E-state index in [1.807, 2.05) is 53.8 Å². The summed E-state index contributed by atoms with van der Waals surface area (Å²) in [6.45, 7) is 2.25. The number of carboxylic acid groups (broad SMARTS) is 1. The first-order valence-corrected chi connectivity index (χ1v) is 16.2. The Hall–Kier alpha value is -5.00. The fourth-order valence-electron chi connectivity index (χ4n) is 4.38. The first-order chi connectivity index (χ1) is 23.5. The molecule has 6 aromatic heterocycles. The molecule has 0 saturated heterocycles. The summed E-state index contributed by atoms with van der Waals surface area (Å²) < 4.78 is 0. The first-order valence-electron chi connectivity index (χ1n) is 15.0. The van der Waals surface area contributed by atoms with Crippen molar-refractivity contribution in [2.24, 2.45) is 0 Å². The van der Waals surface area contributed by atoms with E-state index in [1.54, 1.807) is 18.5 Å². The summed E-state index contributed by atoms with van der Waals surface area (Å²) in [6, 6.07) is 22.4. The molecule has 6 aromatic rings. The largest absolute Gasteiger partial charge is 2.00 e. The molecule has 0 radical (unpaired) electrons. The third-order valence-corrected chi connectivity index (χ3v) is 7.79. The van der Waals surface area contributed by atoms with E-state index in [0.29, 0.717) is 22.9 Å². The van der Waals surface area contributed by atoms with Gasteiger partial charge in [0.1, 0.15) is 0 Å². The monoisotopic (exact) mass is 775 g/mol. The van der Waals surface area contributed by atoms with Crippen molar-refractivity contribution < 1.29 is 29.4 Å². The van der Waals surface area contributed by atoms with Crippen LogP contribution in [-0.4, -0.2) is 51.7 Å². The van der Waals surface area contributed by atoms with E-state index in [4.69, 9.17) is 10.5 Å². The van der Waals surface area contributed by atoms with Gasteiger partial charge in [-0.3, -0.25) is 25.3 Å². The number of nitrogens with zero attached hydrogens (tertiary/aromatic N) is 9. The Bertz CT molecular complexity index is 1950. The zero-order valence-corrected chi connectivity index (χ0v) is 29.8. The number of carbonyl (C=O) groups is 1.